The van der Waals surface area contributed by atoms with E-state index >= 15 is 0 Å². The number of para-hydroxylation sites is 1. The normalized spacial score (nSPS) is 19.5. The molecule has 3 rings (SSSR count). The van der Waals surface area contributed by atoms with Crippen LogP contribution in [0, 0.1) is 0 Å². The smallest absolute Gasteiger partial charge is 0.419 e. The van der Waals surface area contributed by atoms with Crippen LogP contribution < -0.4 is 4.74 Å². The van der Waals surface area contributed by atoms with E-state index in [-0.39, 0.29) is 17.7 Å². The fraction of sp³-hybridized carbons (Fsp3) is 0.211. The molecule has 0 N–H and O–H groups in total. The van der Waals surface area contributed by atoms with E-state index in [1.54, 1.807) is 18.2 Å². The standard InChI is InChI=1S/C19H15F3O2/c1-12-14-8-3-2-6-13(14)7-5-11-24-18-15(17(12)23)9-4-10-16(18)19(20,21)22/h3-5,7-10H,1-2,6,11H2/b7-5-. The van der Waals surface area contributed by atoms with Crippen LogP contribution in [0.4, 0.5) is 13.2 Å². The van der Waals surface area contributed by atoms with Gasteiger partial charge in [0.25, 0.3) is 0 Å². The summed E-state index contributed by atoms with van der Waals surface area (Å²) < 4.78 is 45.0. The van der Waals surface area contributed by atoms with Gasteiger partial charge in [-0.1, -0.05) is 30.9 Å². The van der Waals surface area contributed by atoms with Crippen molar-refractivity contribution < 1.29 is 22.7 Å². The van der Waals surface area contributed by atoms with Gasteiger partial charge < -0.3 is 4.74 Å². The van der Waals surface area contributed by atoms with Gasteiger partial charge in [0.05, 0.1) is 11.1 Å². The number of benzene rings is 1. The summed E-state index contributed by atoms with van der Waals surface area (Å²) in [6.45, 7) is 3.77. The lowest BCUT2D eigenvalue weighted by molar-refractivity contribution is -0.138. The molecule has 0 unspecified atom stereocenters. The molecule has 0 saturated heterocycles. The number of Topliss-reactive ketones (excluding diaryl/α,β-unsaturated/α-hetero) is 1. The highest BCUT2D eigenvalue weighted by molar-refractivity contribution is 6.13. The molecular formula is C19H15F3O2. The van der Waals surface area contributed by atoms with E-state index in [1.165, 1.54) is 12.1 Å². The number of ether oxygens (including phenoxy) is 1. The third kappa shape index (κ3) is 2.94. The topological polar surface area (TPSA) is 26.3 Å². The third-order valence-corrected chi connectivity index (χ3v) is 4.02. The number of carbonyl (C=O) groups excluding carboxylic acids is 1. The summed E-state index contributed by atoms with van der Waals surface area (Å²) in [4.78, 5) is 12.7. The molecule has 24 heavy (non-hydrogen) atoms. The minimum atomic E-state index is -4.60. The summed E-state index contributed by atoms with van der Waals surface area (Å²) in [7, 11) is 0. The first-order chi connectivity index (χ1) is 11.4. The van der Waals surface area contributed by atoms with Gasteiger partial charge in [-0.2, -0.15) is 13.2 Å². The van der Waals surface area contributed by atoms with Gasteiger partial charge in [-0.15, -0.1) is 0 Å². The molecule has 0 aromatic heterocycles. The van der Waals surface area contributed by atoms with Crippen LogP contribution in [0.3, 0.4) is 0 Å². The second kappa shape index (κ2) is 6.15. The van der Waals surface area contributed by atoms with Crippen LogP contribution in [0.1, 0.15) is 28.8 Å². The van der Waals surface area contributed by atoms with E-state index in [2.05, 4.69) is 6.58 Å². The van der Waals surface area contributed by atoms with E-state index in [0.717, 1.165) is 24.5 Å². The van der Waals surface area contributed by atoms with Crippen molar-refractivity contribution in [2.24, 2.45) is 0 Å². The van der Waals surface area contributed by atoms with Gasteiger partial charge in [-0.05, 0) is 42.2 Å². The molecule has 1 aromatic rings. The van der Waals surface area contributed by atoms with E-state index in [9.17, 15) is 18.0 Å². The Balaban J connectivity index is 2.16. The molecule has 1 aliphatic heterocycles. The van der Waals surface area contributed by atoms with Gasteiger partial charge in [-0.25, -0.2) is 0 Å². The molecule has 2 nitrogen and oxygen atoms in total. The van der Waals surface area contributed by atoms with Crippen molar-refractivity contribution in [2.75, 3.05) is 6.61 Å². The highest BCUT2D eigenvalue weighted by Crippen LogP contribution is 2.40. The number of fused-ring (bicyclic) bond motifs is 1. The van der Waals surface area contributed by atoms with Gasteiger partial charge in [0, 0.05) is 5.57 Å². The zero-order chi connectivity index (χ0) is 17.3. The Hall–Kier alpha value is -2.56. The number of halogens is 3. The molecule has 0 radical (unpaired) electrons. The Kier molecular flexibility index (Phi) is 4.18. The average molecular weight is 332 g/mol. The number of hydrogen-bond acceptors (Lipinski definition) is 2. The number of allylic oxidation sites excluding steroid dienone is 6. The van der Waals surface area contributed by atoms with Crippen LogP contribution in [0.25, 0.3) is 0 Å². The predicted molar refractivity (Wildman–Crippen MR) is 84.9 cm³/mol. The SMILES string of the molecule is C=C1C(=O)c2cccc(C(F)(F)F)c2OC/C=C\C2=C1C=CCC2. The molecule has 124 valence electrons. The van der Waals surface area contributed by atoms with Crippen molar-refractivity contribution in [1.29, 1.82) is 0 Å². The zero-order valence-corrected chi connectivity index (χ0v) is 12.8. The molecule has 0 fully saturated rings. The van der Waals surface area contributed by atoms with Crippen molar-refractivity contribution in [3.63, 3.8) is 0 Å². The minimum absolute atomic E-state index is 0.0413. The third-order valence-electron chi connectivity index (χ3n) is 4.02. The molecule has 1 heterocycles. The Morgan fingerprint density at radius 2 is 1.92 bits per heavy atom. The number of alkyl halides is 3. The van der Waals surface area contributed by atoms with Crippen LogP contribution >= 0.6 is 0 Å². The number of carbonyl (C=O) groups is 1. The summed E-state index contributed by atoms with van der Waals surface area (Å²) in [5.74, 6) is -0.991. The number of rotatable bonds is 0. The molecule has 2 aliphatic rings. The average Bonchev–Trinajstić information content (AvgIpc) is 2.56. The lowest BCUT2D eigenvalue weighted by Crippen LogP contribution is -2.15. The van der Waals surface area contributed by atoms with E-state index in [4.69, 9.17) is 4.74 Å². The maximum atomic E-state index is 13.2. The van der Waals surface area contributed by atoms with Crippen LogP contribution in [0.15, 0.2) is 65.8 Å². The van der Waals surface area contributed by atoms with E-state index in [1.807, 2.05) is 6.08 Å². The van der Waals surface area contributed by atoms with Crippen LogP contribution in [-0.2, 0) is 6.18 Å². The first-order valence-corrected chi connectivity index (χ1v) is 7.53. The molecular weight excluding hydrogens is 317 g/mol. The summed E-state index contributed by atoms with van der Waals surface area (Å²) in [6, 6.07) is 3.47. The highest BCUT2D eigenvalue weighted by atomic mass is 19.4. The largest absolute Gasteiger partial charge is 0.488 e. The Morgan fingerprint density at radius 3 is 2.67 bits per heavy atom. The lowest BCUT2D eigenvalue weighted by atomic mass is 9.88. The Bertz CT molecular complexity index is 795. The molecule has 0 atom stereocenters. The lowest BCUT2D eigenvalue weighted by Gasteiger charge is -2.20. The quantitative estimate of drug-likeness (QED) is 0.622. The van der Waals surface area contributed by atoms with E-state index in [0.29, 0.717) is 5.57 Å². The van der Waals surface area contributed by atoms with Crippen molar-refractivity contribution in [3.05, 3.63) is 76.9 Å². The van der Waals surface area contributed by atoms with Crippen molar-refractivity contribution in [1.82, 2.24) is 0 Å². The molecule has 0 amide bonds. The maximum Gasteiger partial charge on any atom is 0.419 e. The summed E-state index contributed by atoms with van der Waals surface area (Å²) in [6.07, 6.45) is 4.19. The summed E-state index contributed by atoms with van der Waals surface area (Å²) >= 11 is 0. The van der Waals surface area contributed by atoms with Gasteiger partial charge >= 0.3 is 6.18 Å². The zero-order valence-electron chi connectivity index (χ0n) is 12.8. The summed E-state index contributed by atoms with van der Waals surface area (Å²) in [5, 5.41) is 0. The van der Waals surface area contributed by atoms with Crippen LogP contribution in [0.2, 0.25) is 0 Å². The monoisotopic (exact) mass is 332 g/mol. The maximum absolute atomic E-state index is 13.2. The molecule has 1 aromatic carbocycles. The van der Waals surface area contributed by atoms with Crippen LogP contribution in [0.5, 0.6) is 5.75 Å². The minimum Gasteiger partial charge on any atom is -0.488 e. The van der Waals surface area contributed by atoms with Gasteiger partial charge in [0.15, 0.2) is 5.78 Å². The van der Waals surface area contributed by atoms with Crippen LogP contribution in [-0.4, -0.2) is 12.4 Å². The van der Waals surface area contributed by atoms with Crippen molar-refractivity contribution in [2.45, 2.75) is 19.0 Å². The molecule has 1 aliphatic carbocycles. The van der Waals surface area contributed by atoms with Crippen molar-refractivity contribution in [3.8, 4) is 5.75 Å². The number of ketones is 1. The molecule has 0 spiro atoms. The fourth-order valence-corrected chi connectivity index (χ4v) is 2.85. The van der Waals surface area contributed by atoms with Gasteiger partial charge in [-0.3, -0.25) is 4.79 Å². The van der Waals surface area contributed by atoms with Gasteiger partial charge in [0.1, 0.15) is 12.4 Å². The second-order valence-corrected chi connectivity index (χ2v) is 5.58. The predicted octanol–water partition coefficient (Wildman–Crippen LogP) is 5.04. The van der Waals surface area contributed by atoms with Crippen molar-refractivity contribution >= 4 is 5.78 Å². The second-order valence-electron chi connectivity index (χ2n) is 5.58. The Morgan fingerprint density at radius 1 is 1.12 bits per heavy atom. The highest BCUT2D eigenvalue weighted by Gasteiger charge is 2.36. The Labute approximate surface area is 137 Å². The van der Waals surface area contributed by atoms with Gasteiger partial charge in [0.2, 0.25) is 0 Å². The molecule has 5 heteroatoms. The first-order valence-electron chi connectivity index (χ1n) is 7.53. The number of hydrogen-bond donors (Lipinski definition) is 0. The summed E-state index contributed by atoms with van der Waals surface area (Å²) in [5.41, 5.74) is 0.721. The molecule has 0 bridgehead atoms. The first kappa shape index (κ1) is 16.3. The fourth-order valence-electron chi connectivity index (χ4n) is 2.85. The van der Waals surface area contributed by atoms with E-state index < -0.39 is 23.3 Å². The molecule has 0 saturated carbocycles.